The fourth-order valence-electron chi connectivity index (χ4n) is 1.37. The van der Waals surface area contributed by atoms with E-state index in [-0.39, 0.29) is 13.2 Å². The highest BCUT2D eigenvalue weighted by molar-refractivity contribution is 4.45. The van der Waals surface area contributed by atoms with Crippen molar-refractivity contribution in [1.29, 1.82) is 0 Å². The standard InChI is InChI=1S/C9H18N2O6/c12-10(13)16-8-6-4-2-1-3-5-7-9-17-11(14)15/h1-9H2. The molecule has 0 spiro atoms. The minimum absolute atomic E-state index is 0.156. The van der Waals surface area contributed by atoms with E-state index in [1.807, 2.05) is 0 Å². The van der Waals surface area contributed by atoms with Crippen LogP contribution in [0.4, 0.5) is 0 Å². The smallest absolute Gasteiger partial charge is 0.294 e. The normalized spacial score (nSPS) is 9.88. The van der Waals surface area contributed by atoms with E-state index in [2.05, 4.69) is 9.68 Å². The van der Waals surface area contributed by atoms with Gasteiger partial charge in [-0.2, -0.15) is 0 Å². The van der Waals surface area contributed by atoms with Gasteiger partial charge in [0.25, 0.3) is 10.2 Å². The first-order valence-electron chi connectivity index (χ1n) is 5.67. The van der Waals surface area contributed by atoms with Crippen LogP contribution in [-0.4, -0.2) is 23.4 Å². The number of unbranched alkanes of at least 4 members (excludes halogenated alkanes) is 6. The van der Waals surface area contributed by atoms with E-state index >= 15 is 0 Å². The average molecular weight is 250 g/mol. The lowest BCUT2D eigenvalue weighted by Crippen LogP contribution is -2.02. The van der Waals surface area contributed by atoms with Gasteiger partial charge >= 0.3 is 0 Å². The van der Waals surface area contributed by atoms with Crippen LogP contribution >= 0.6 is 0 Å². The van der Waals surface area contributed by atoms with Crippen LogP contribution in [0.5, 0.6) is 0 Å². The topological polar surface area (TPSA) is 105 Å². The van der Waals surface area contributed by atoms with Gasteiger partial charge < -0.3 is 9.68 Å². The Morgan fingerprint density at radius 3 is 1.24 bits per heavy atom. The molecule has 8 nitrogen and oxygen atoms in total. The summed E-state index contributed by atoms with van der Waals surface area (Å²) in [6, 6.07) is 0. The summed E-state index contributed by atoms with van der Waals surface area (Å²) < 4.78 is 0. The van der Waals surface area contributed by atoms with Gasteiger partial charge in [0.1, 0.15) is 0 Å². The molecular formula is C9H18N2O6. The quantitative estimate of drug-likeness (QED) is 0.298. The van der Waals surface area contributed by atoms with Gasteiger partial charge in [0.05, 0.1) is 13.2 Å². The third-order valence-corrected chi connectivity index (χ3v) is 2.18. The van der Waals surface area contributed by atoms with Crippen molar-refractivity contribution >= 4 is 0 Å². The fourth-order valence-corrected chi connectivity index (χ4v) is 1.37. The van der Waals surface area contributed by atoms with E-state index in [9.17, 15) is 20.2 Å². The van der Waals surface area contributed by atoms with Crippen LogP contribution in [-0.2, 0) is 9.68 Å². The largest absolute Gasteiger partial charge is 0.314 e. The molecule has 0 radical (unpaired) electrons. The summed E-state index contributed by atoms with van der Waals surface area (Å²) in [6.45, 7) is 0.313. The second kappa shape index (κ2) is 10.9. The Kier molecular flexibility index (Phi) is 9.88. The van der Waals surface area contributed by atoms with Gasteiger partial charge in [0, 0.05) is 0 Å². The molecule has 0 aromatic heterocycles. The SMILES string of the molecule is O=[N+]([O-])OCCCCCCCCCO[N+](=O)[O-]. The fraction of sp³-hybridized carbons (Fsp3) is 1.00. The van der Waals surface area contributed by atoms with Crippen molar-refractivity contribution in [2.75, 3.05) is 13.2 Å². The molecule has 0 aliphatic heterocycles. The van der Waals surface area contributed by atoms with Crippen molar-refractivity contribution in [3.05, 3.63) is 20.2 Å². The summed E-state index contributed by atoms with van der Waals surface area (Å²) in [5.41, 5.74) is 0. The number of hydrogen-bond acceptors (Lipinski definition) is 6. The summed E-state index contributed by atoms with van der Waals surface area (Å²) in [6.07, 6.45) is 6.20. The Balaban J connectivity index is 2.98. The van der Waals surface area contributed by atoms with E-state index in [1.54, 1.807) is 0 Å². The van der Waals surface area contributed by atoms with Crippen LogP contribution < -0.4 is 0 Å². The minimum Gasteiger partial charge on any atom is -0.314 e. The molecule has 0 aliphatic carbocycles. The molecule has 0 rings (SSSR count). The Morgan fingerprint density at radius 1 is 0.647 bits per heavy atom. The van der Waals surface area contributed by atoms with Gasteiger partial charge in [-0.25, -0.2) is 0 Å². The molecule has 0 saturated carbocycles. The third kappa shape index (κ3) is 14.4. The van der Waals surface area contributed by atoms with Crippen LogP contribution in [0.15, 0.2) is 0 Å². The summed E-state index contributed by atoms with van der Waals surface area (Å²) in [7, 11) is 0. The van der Waals surface area contributed by atoms with Crippen molar-refractivity contribution in [1.82, 2.24) is 0 Å². The van der Waals surface area contributed by atoms with E-state index < -0.39 is 10.2 Å². The monoisotopic (exact) mass is 250 g/mol. The van der Waals surface area contributed by atoms with Gasteiger partial charge in [-0.05, 0) is 12.8 Å². The molecule has 0 bridgehead atoms. The third-order valence-electron chi connectivity index (χ3n) is 2.18. The molecule has 8 heteroatoms. The molecular weight excluding hydrogens is 232 g/mol. The lowest BCUT2D eigenvalue weighted by atomic mass is 10.1. The van der Waals surface area contributed by atoms with Crippen molar-refractivity contribution in [3.63, 3.8) is 0 Å². The van der Waals surface area contributed by atoms with Gasteiger partial charge in [-0.1, -0.05) is 32.1 Å². The minimum atomic E-state index is -0.782. The van der Waals surface area contributed by atoms with Gasteiger partial charge in [-0.15, -0.1) is 20.2 Å². The van der Waals surface area contributed by atoms with Crippen molar-refractivity contribution in [2.24, 2.45) is 0 Å². The van der Waals surface area contributed by atoms with E-state index in [4.69, 9.17) is 0 Å². The molecule has 0 heterocycles. The highest BCUT2D eigenvalue weighted by Gasteiger charge is 1.96. The molecule has 0 atom stereocenters. The Bertz CT molecular complexity index is 202. The predicted molar refractivity (Wildman–Crippen MR) is 58.2 cm³/mol. The summed E-state index contributed by atoms with van der Waals surface area (Å²) in [4.78, 5) is 27.9. The summed E-state index contributed by atoms with van der Waals surface area (Å²) in [5.74, 6) is 0. The molecule has 0 aromatic carbocycles. The van der Waals surface area contributed by atoms with Gasteiger partial charge in [0.15, 0.2) is 0 Å². The second-order valence-corrected chi connectivity index (χ2v) is 3.59. The van der Waals surface area contributed by atoms with Crippen LogP contribution in [0.1, 0.15) is 44.9 Å². The van der Waals surface area contributed by atoms with Crippen molar-refractivity contribution in [2.45, 2.75) is 44.9 Å². The molecule has 0 fully saturated rings. The maximum atomic E-state index is 9.81. The molecule has 0 saturated heterocycles. The van der Waals surface area contributed by atoms with Crippen LogP contribution in [0.2, 0.25) is 0 Å². The number of rotatable bonds is 12. The van der Waals surface area contributed by atoms with Crippen LogP contribution in [0.3, 0.4) is 0 Å². The first-order chi connectivity index (χ1) is 8.13. The molecule has 0 amide bonds. The first-order valence-corrected chi connectivity index (χ1v) is 5.67. The highest BCUT2D eigenvalue weighted by Crippen LogP contribution is 2.07. The van der Waals surface area contributed by atoms with Gasteiger partial charge in [0.2, 0.25) is 0 Å². The van der Waals surface area contributed by atoms with E-state index in [0.717, 1.165) is 32.1 Å². The van der Waals surface area contributed by atoms with Crippen molar-refractivity contribution in [3.8, 4) is 0 Å². The average Bonchev–Trinajstić information content (AvgIpc) is 2.25. The molecule has 100 valence electrons. The second-order valence-electron chi connectivity index (χ2n) is 3.59. The molecule has 0 unspecified atom stereocenters. The predicted octanol–water partition coefficient (Wildman–Crippen LogP) is 2.13. The zero-order chi connectivity index (χ0) is 12.9. The van der Waals surface area contributed by atoms with Crippen LogP contribution in [0, 0.1) is 20.2 Å². The van der Waals surface area contributed by atoms with E-state index in [1.165, 1.54) is 0 Å². The Labute approximate surface area is 99.1 Å². The summed E-state index contributed by atoms with van der Waals surface area (Å²) in [5, 5.41) is 18.0. The summed E-state index contributed by atoms with van der Waals surface area (Å²) >= 11 is 0. The molecule has 0 N–H and O–H groups in total. The maximum Gasteiger partial charge on any atom is 0.294 e. The lowest BCUT2D eigenvalue weighted by molar-refractivity contribution is -0.757. The van der Waals surface area contributed by atoms with E-state index in [0.29, 0.717) is 12.8 Å². The van der Waals surface area contributed by atoms with Gasteiger partial charge in [-0.3, -0.25) is 0 Å². The molecule has 17 heavy (non-hydrogen) atoms. The Morgan fingerprint density at radius 2 is 0.941 bits per heavy atom. The molecule has 0 aromatic rings. The zero-order valence-electron chi connectivity index (χ0n) is 9.71. The van der Waals surface area contributed by atoms with Crippen LogP contribution in [0.25, 0.3) is 0 Å². The molecule has 0 aliphatic rings. The van der Waals surface area contributed by atoms with Crippen molar-refractivity contribution < 1.29 is 19.8 Å². The maximum absolute atomic E-state index is 9.81. The lowest BCUT2D eigenvalue weighted by Gasteiger charge is -2.01. The highest BCUT2D eigenvalue weighted by atomic mass is 17.0. The first kappa shape index (κ1) is 15.4. The zero-order valence-corrected chi connectivity index (χ0v) is 9.71. The Hall–Kier alpha value is -1.60. The number of hydrogen-bond donors (Lipinski definition) is 0. The number of nitrogens with zero attached hydrogens (tertiary/aromatic N) is 2.